The highest BCUT2D eigenvalue weighted by Crippen LogP contribution is 2.29. The smallest absolute Gasteiger partial charge is 0.246 e. The molecule has 0 bridgehead atoms. The third kappa shape index (κ3) is 1.85. The van der Waals surface area contributed by atoms with Crippen molar-refractivity contribution in [1.29, 1.82) is 0 Å². The second kappa shape index (κ2) is 4.42. The molecule has 0 spiro atoms. The Morgan fingerprint density at radius 1 is 1.11 bits per heavy atom. The molecule has 98 valence electrons. The molecule has 2 atom stereocenters. The van der Waals surface area contributed by atoms with Gasteiger partial charge in [0.1, 0.15) is 5.52 Å². The van der Waals surface area contributed by atoms with E-state index in [1.54, 1.807) is 0 Å². The monoisotopic (exact) mass is 255 g/mol. The molecule has 1 aromatic carbocycles. The van der Waals surface area contributed by atoms with Crippen LogP contribution in [0.4, 0.5) is 5.95 Å². The van der Waals surface area contributed by atoms with Gasteiger partial charge in [0.05, 0.1) is 5.52 Å². The first-order valence-corrected chi connectivity index (χ1v) is 6.98. The quantitative estimate of drug-likeness (QED) is 0.830. The van der Waals surface area contributed by atoms with Crippen LogP contribution in [0.3, 0.4) is 0 Å². The Balaban J connectivity index is 1.72. The van der Waals surface area contributed by atoms with Gasteiger partial charge in [-0.2, -0.15) is 0 Å². The lowest BCUT2D eigenvalue weighted by Gasteiger charge is -2.36. The number of hydrogen-bond acceptors (Lipinski definition) is 5. The Morgan fingerprint density at radius 2 is 2.00 bits per heavy atom. The summed E-state index contributed by atoms with van der Waals surface area (Å²) < 4.78 is 0. The van der Waals surface area contributed by atoms with E-state index in [0.29, 0.717) is 6.04 Å². The van der Waals surface area contributed by atoms with Crippen LogP contribution in [-0.4, -0.2) is 40.9 Å². The number of piperidine rings is 1. The van der Waals surface area contributed by atoms with Crippen LogP contribution in [0.2, 0.25) is 0 Å². The lowest BCUT2D eigenvalue weighted by molar-refractivity contribution is 0.380. The van der Waals surface area contributed by atoms with Gasteiger partial charge in [0.25, 0.3) is 0 Å². The summed E-state index contributed by atoms with van der Waals surface area (Å²) in [5.41, 5.74) is 1.80. The predicted molar refractivity (Wildman–Crippen MR) is 74.1 cm³/mol. The van der Waals surface area contributed by atoms with Crippen molar-refractivity contribution in [3.05, 3.63) is 24.3 Å². The Bertz CT molecular complexity index is 599. The van der Waals surface area contributed by atoms with Gasteiger partial charge in [-0.1, -0.05) is 12.1 Å². The second-order valence-corrected chi connectivity index (χ2v) is 5.42. The van der Waals surface area contributed by atoms with Crippen LogP contribution in [0.25, 0.3) is 11.0 Å². The van der Waals surface area contributed by atoms with Crippen LogP contribution in [0.15, 0.2) is 24.3 Å². The normalized spacial score (nSPS) is 26.6. The van der Waals surface area contributed by atoms with E-state index < -0.39 is 0 Å². The molecule has 1 N–H and O–H groups in total. The maximum absolute atomic E-state index is 4.68. The first kappa shape index (κ1) is 11.1. The molecule has 2 aliphatic rings. The summed E-state index contributed by atoms with van der Waals surface area (Å²) in [4.78, 5) is 7.02. The van der Waals surface area contributed by atoms with Gasteiger partial charge in [-0.05, 0) is 30.9 Å². The lowest BCUT2D eigenvalue weighted by atomic mass is 9.92. The van der Waals surface area contributed by atoms with E-state index >= 15 is 0 Å². The van der Waals surface area contributed by atoms with Crippen molar-refractivity contribution >= 4 is 17.0 Å². The van der Waals surface area contributed by atoms with Crippen LogP contribution >= 0.6 is 0 Å². The molecule has 4 rings (SSSR count). The minimum Gasteiger partial charge on any atom is -0.335 e. The molecule has 0 radical (unpaired) electrons. The summed E-state index contributed by atoms with van der Waals surface area (Å²) in [6, 6.07) is 8.46. The van der Waals surface area contributed by atoms with Gasteiger partial charge < -0.3 is 10.2 Å². The summed E-state index contributed by atoms with van der Waals surface area (Å²) in [6.07, 6.45) is 2.54. The number of fused-ring (bicyclic) bond motifs is 2. The molecule has 2 aromatic rings. The number of hydrogen-bond donors (Lipinski definition) is 1. The van der Waals surface area contributed by atoms with Crippen molar-refractivity contribution in [2.75, 3.05) is 24.5 Å². The maximum atomic E-state index is 4.68. The molecule has 3 heterocycles. The van der Waals surface area contributed by atoms with E-state index in [4.69, 9.17) is 0 Å². The molecule has 2 saturated heterocycles. The van der Waals surface area contributed by atoms with Crippen LogP contribution < -0.4 is 10.2 Å². The SMILES string of the molecule is c1ccc2nc(N3CCCC4CNCC43)nnc2c1. The van der Waals surface area contributed by atoms with Crippen LogP contribution in [0.5, 0.6) is 0 Å². The van der Waals surface area contributed by atoms with Gasteiger partial charge in [-0.3, -0.25) is 0 Å². The zero-order valence-electron chi connectivity index (χ0n) is 10.8. The van der Waals surface area contributed by atoms with Gasteiger partial charge >= 0.3 is 0 Å². The highest BCUT2D eigenvalue weighted by Gasteiger charge is 2.36. The van der Waals surface area contributed by atoms with Crippen LogP contribution in [0.1, 0.15) is 12.8 Å². The molecular formula is C14H17N5. The number of nitrogens with zero attached hydrogens (tertiary/aromatic N) is 4. The van der Waals surface area contributed by atoms with Crippen molar-refractivity contribution in [3.8, 4) is 0 Å². The third-order valence-corrected chi connectivity index (χ3v) is 4.28. The molecule has 2 aliphatic heterocycles. The average molecular weight is 255 g/mol. The summed E-state index contributed by atoms with van der Waals surface area (Å²) in [7, 11) is 0. The van der Waals surface area contributed by atoms with Gasteiger partial charge in [-0.25, -0.2) is 4.98 Å². The van der Waals surface area contributed by atoms with E-state index in [-0.39, 0.29) is 0 Å². The Labute approximate surface area is 112 Å². The topological polar surface area (TPSA) is 53.9 Å². The highest BCUT2D eigenvalue weighted by molar-refractivity contribution is 5.74. The minimum atomic E-state index is 0.539. The van der Waals surface area contributed by atoms with E-state index in [9.17, 15) is 0 Å². The largest absolute Gasteiger partial charge is 0.335 e. The van der Waals surface area contributed by atoms with Crippen molar-refractivity contribution in [2.45, 2.75) is 18.9 Å². The first-order valence-electron chi connectivity index (χ1n) is 6.98. The molecule has 1 aromatic heterocycles. The fraction of sp³-hybridized carbons (Fsp3) is 0.500. The number of anilines is 1. The van der Waals surface area contributed by atoms with E-state index in [0.717, 1.165) is 42.5 Å². The average Bonchev–Trinajstić information content (AvgIpc) is 2.95. The number of para-hydroxylation sites is 1. The minimum absolute atomic E-state index is 0.539. The third-order valence-electron chi connectivity index (χ3n) is 4.28. The zero-order chi connectivity index (χ0) is 12.7. The molecule has 5 nitrogen and oxygen atoms in total. The van der Waals surface area contributed by atoms with E-state index in [1.165, 1.54) is 12.8 Å². The molecule has 0 aliphatic carbocycles. The highest BCUT2D eigenvalue weighted by atomic mass is 15.3. The van der Waals surface area contributed by atoms with Gasteiger partial charge in [0, 0.05) is 25.7 Å². The van der Waals surface area contributed by atoms with Gasteiger partial charge in [0.15, 0.2) is 0 Å². The fourth-order valence-corrected chi connectivity index (χ4v) is 3.31. The summed E-state index contributed by atoms with van der Waals surface area (Å²) in [6.45, 7) is 3.21. The molecule has 0 saturated carbocycles. The van der Waals surface area contributed by atoms with Crippen LogP contribution in [-0.2, 0) is 0 Å². The first-order chi connectivity index (χ1) is 9.42. The predicted octanol–water partition coefficient (Wildman–Crippen LogP) is 1.21. The standard InChI is InChI=1S/C14H17N5/c1-2-6-12-11(5-1)16-14(18-17-12)19-7-3-4-10-8-15-9-13(10)19/h1-2,5-6,10,13,15H,3-4,7-9H2. The Hall–Kier alpha value is -1.75. The molecule has 19 heavy (non-hydrogen) atoms. The van der Waals surface area contributed by atoms with Gasteiger partial charge in [0.2, 0.25) is 5.95 Å². The summed E-state index contributed by atoms with van der Waals surface area (Å²) in [5, 5.41) is 12.1. The van der Waals surface area contributed by atoms with Crippen LogP contribution in [0, 0.1) is 5.92 Å². The maximum Gasteiger partial charge on any atom is 0.246 e. The molecule has 0 amide bonds. The molecule has 2 unspecified atom stereocenters. The summed E-state index contributed by atoms with van der Waals surface area (Å²) >= 11 is 0. The van der Waals surface area contributed by atoms with Crippen molar-refractivity contribution in [2.24, 2.45) is 5.92 Å². The molecule has 5 heteroatoms. The van der Waals surface area contributed by atoms with Crippen molar-refractivity contribution in [3.63, 3.8) is 0 Å². The number of nitrogens with one attached hydrogen (secondary N) is 1. The lowest BCUT2D eigenvalue weighted by Crippen LogP contribution is -2.46. The second-order valence-electron chi connectivity index (χ2n) is 5.42. The van der Waals surface area contributed by atoms with Crippen molar-refractivity contribution < 1.29 is 0 Å². The molecular weight excluding hydrogens is 238 g/mol. The molecule has 2 fully saturated rings. The zero-order valence-corrected chi connectivity index (χ0v) is 10.8. The number of benzene rings is 1. The van der Waals surface area contributed by atoms with E-state index in [2.05, 4.69) is 25.4 Å². The fourth-order valence-electron chi connectivity index (χ4n) is 3.31. The Kier molecular flexibility index (Phi) is 2.58. The van der Waals surface area contributed by atoms with Crippen molar-refractivity contribution in [1.82, 2.24) is 20.5 Å². The van der Waals surface area contributed by atoms with Gasteiger partial charge in [-0.15, -0.1) is 10.2 Å². The Morgan fingerprint density at radius 3 is 2.95 bits per heavy atom. The van der Waals surface area contributed by atoms with E-state index in [1.807, 2.05) is 24.3 Å². The summed E-state index contributed by atoms with van der Waals surface area (Å²) in [5.74, 6) is 1.53. The number of aromatic nitrogens is 3. The number of rotatable bonds is 1.